The number of nitrogens with one attached hydrogen (secondary N) is 1. The van der Waals surface area contributed by atoms with E-state index in [0.29, 0.717) is 0 Å². The van der Waals surface area contributed by atoms with E-state index in [9.17, 15) is 18.8 Å². The summed E-state index contributed by atoms with van der Waals surface area (Å²) >= 11 is 0. The Kier molecular flexibility index (Phi) is 4.50. The molecule has 1 aromatic heterocycles. The first-order valence-electron chi connectivity index (χ1n) is 8.25. The van der Waals surface area contributed by atoms with Crippen LogP contribution >= 0.6 is 0 Å². The molecule has 0 bridgehead atoms. The van der Waals surface area contributed by atoms with Crippen molar-refractivity contribution in [3.63, 3.8) is 0 Å². The van der Waals surface area contributed by atoms with Gasteiger partial charge < -0.3 is 10.5 Å². The van der Waals surface area contributed by atoms with Gasteiger partial charge in [0, 0.05) is 12.1 Å². The molecule has 1 aromatic carbocycles. The van der Waals surface area contributed by atoms with Crippen LogP contribution in [-0.2, 0) is 0 Å². The van der Waals surface area contributed by atoms with Gasteiger partial charge in [0.25, 0.3) is 17.4 Å². The van der Waals surface area contributed by atoms with E-state index >= 15 is 0 Å². The molecule has 7 nitrogen and oxygen atoms in total. The minimum atomic E-state index is -0.699. The van der Waals surface area contributed by atoms with Gasteiger partial charge in [0.1, 0.15) is 17.4 Å². The fraction of sp³-hybridized carbons (Fsp3) is 0.278. The van der Waals surface area contributed by atoms with Gasteiger partial charge in [0.05, 0.1) is 22.9 Å². The number of imide groups is 1. The third kappa shape index (κ3) is 2.83. The van der Waals surface area contributed by atoms with E-state index in [4.69, 9.17) is 10.5 Å². The fourth-order valence-corrected chi connectivity index (χ4v) is 2.93. The van der Waals surface area contributed by atoms with Crippen LogP contribution in [0.5, 0.6) is 5.75 Å². The Balaban J connectivity index is 2.23. The van der Waals surface area contributed by atoms with E-state index in [2.05, 4.69) is 5.32 Å². The second-order valence-electron chi connectivity index (χ2n) is 5.94. The molecular formula is C18H18FN3O4. The summed E-state index contributed by atoms with van der Waals surface area (Å²) in [5.41, 5.74) is 5.23. The maximum Gasteiger partial charge on any atom is 0.262 e. The SMILES string of the molecule is CCC(CC)Oc1ccc(F)cc1-n1c(N)c2c(cc1=O)C(=O)NC2=O. The summed E-state index contributed by atoms with van der Waals surface area (Å²) in [6.07, 6.45) is 1.31. The van der Waals surface area contributed by atoms with E-state index in [1.807, 2.05) is 13.8 Å². The van der Waals surface area contributed by atoms with E-state index in [1.54, 1.807) is 0 Å². The number of aromatic nitrogens is 1. The summed E-state index contributed by atoms with van der Waals surface area (Å²) in [5, 5.41) is 2.09. The number of nitrogen functional groups attached to an aromatic ring is 1. The van der Waals surface area contributed by atoms with Gasteiger partial charge in [-0.3, -0.25) is 24.3 Å². The molecule has 1 aliphatic heterocycles. The summed E-state index contributed by atoms with van der Waals surface area (Å²) in [6.45, 7) is 3.90. The molecule has 136 valence electrons. The van der Waals surface area contributed by atoms with E-state index in [0.717, 1.165) is 29.5 Å². The first-order valence-corrected chi connectivity index (χ1v) is 8.25. The third-order valence-electron chi connectivity index (χ3n) is 4.32. The first-order chi connectivity index (χ1) is 12.4. The average Bonchev–Trinajstić information content (AvgIpc) is 2.88. The number of anilines is 1. The van der Waals surface area contributed by atoms with Crippen LogP contribution in [0.3, 0.4) is 0 Å². The van der Waals surface area contributed by atoms with E-state index < -0.39 is 23.2 Å². The first kappa shape index (κ1) is 17.7. The van der Waals surface area contributed by atoms with Gasteiger partial charge in [-0.1, -0.05) is 13.8 Å². The summed E-state index contributed by atoms with van der Waals surface area (Å²) in [5.74, 6) is -1.96. The third-order valence-corrected chi connectivity index (χ3v) is 4.32. The van der Waals surface area contributed by atoms with E-state index in [1.165, 1.54) is 12.1 Å². The average molecular weight is 359 g/mol. The molecule has 0 atom stereocenters. The highest BCUT2D eigenvalue weighted by Gasteiger charge is 2.32. The van der Waals surface area contributed by atoms with Crippen LogP contribution in [0.15, 0.2) is 29.1 Å². The molecule has 2 heterocycles. The Labute approximate surface area is 148 Å². The minimum absolute atomic E-state index is 0.0781. The van der Waals surface area contributed by atoms with Gasteiger partial charge in [0.15, 0.2) is 0 Å². The van der Waals surface area contributed by atoms with Gasteiger partial charge in [-0.25, -0.2) is 4.39 Å². The van der Waals surface area contributed by atoms with Crippen molar-refractivity contribution in [1.82, 2.24) is 9.88 Å². The zero-order chi connectivity index (χ0) is 19.0. The Hall–Kier alpha value is -3.16. The smallest absolute Gasteiger partial charge is 0.262 e. The Morgan fingerprint density at radius 2 is 1.85 bits per heavy atom. The van der Waals surface area contributed by atoms with Crippen LogP contribution < -0.4 is 21.3 Å². The molecule has 3 rings (SSSR count). The zero-order valence-corrected chi connectivity index (χ0v) is 14.3. The number of ether oxygens (including phenoxy) is 1. The van der Waals surface area contributed by atoms with Gasteiger partial charge in [-0.05, 0) is 25.0 Å². The van der Waals surface area contributed by atoms with Crippen molar-refractivity contribution in [3.8, 4) is 11.4 Å². The Bertz CT molecular complexity index is 964. The number of benzene rings is 1. The molecule has 0 spiro atoms. The van der Waals surface area contributed by atoms with Crippen molar-refractivity contribution in [1.29, 1.82) is 0 Å². The molecule has 0 aliphatic carbocycles. The number of halogens is 1. The lowest BCUT2D eigenvalue weighted by Crippen LogP contribution is -2.25. The van der Waals surface area contributed by atoms with Gasteiger partial charge in [-0.15, -0.1) is 0 Å². The molecule has 0 unspecified atom stereocenters. The van der Waals surface area contributed by atoms with Crippen LogP contribution in [0, 0.1) is 5.82 Å². The molecule has 0 radical (unpaired) electrons. The highest BCUT2D eigenvalue weighted by atomic mass is 19.1. The molecule has 2 amide bonds. The maximum absolute atomic E-state index is 13.9. The van der Waals surface area contributed by atoms with Crippen LogP contribution in [0.4, 0.5) is 10.2 Å². The van der Waals surface area contributed by atoms with Crippen molar-refractivity contribution >= 4 is 17.6 Å². The number of carbonyl (C=O) groups is 2. The molecule has 0 saturated heterocycles. The number of hydrogen-bond donors (Lipinski definition) is 2. The number of carbonyl (C=O) groups excluding carboxylic acids is 2. The number of rotatable bonds is 5. The lowest BCUT2D eigenvalue weighted by molar-refractivity contribution is 0.0880. The number of hydrogen-bond acceptors (Lipinski definition) is 5. The second-order valence-corrected chi connectivity index (χ2v) is 5.94. The molecule has 0 saturated carbocycles. The summed E-state index contributed by atoms with van der Waals surface area (Å²) in [4.78, 5) is 36.3. The van der Waals surface area contributed by atoms with Gasteiger partial charge in [-0.2, -0.15) is 0 Å². The van der Waals surface area contributed by atoms with Crippen molar-refractivity contribution < 1.29 is 18.7 Å². The highest BCUT2D eigenvalue weighted by molar-refractivity contribution is 6.23. The predicted molar refractivity (Wildman–Crippen MR) is 93.2 cm³/mol. The zero-order valence-electron chi connectivity index (χ0n) is 14.3. The van der Waals surface area contributed by atoms with Crippen LogP contribution in [0.2, 0.25) is 0 Å². The Morgan fingerprint density at radius 1 is 1.15 bits per heavy atom. The quantitative estimate of drug-likeness (QED) is 0.795. The molecule has 3 N–H and O–H groups in total. The summed E-state index contributed by atoms with van der Waals surface area (Å²) in [7, 11) is 0. The lowest BCUT2D eigenvalue weighted by Gasteiger charge is -2.20. The number of fused-ring (bicyclic) bond motifs is 1. The maximum atomic E-state index is 13.9. The molecule has 0 fully saturated rings. The second kappa shape index (κ2) is 6.62. The van der Waals surface area contributed by atoms with Crippen molar-refractivity contribution in [2.45, 2.75) is 32.8 Å². The van der Waals surface area contributed by atoms with Crippen molar-refractivity contribution in [2.75, 3.05) is 5.73 Å². The van der Waals surface area contributed by atoms with Crippen LogP contribution in [-0.4, -0.2) is 22.5 Å². The number of pyridine rings is 1. The van der Waals surface area contributed by atoms with Crippen molar-refractivity contribution in [2.24, 2.45) is 0 Å². The summed E-state index contributed by atoms with van der Waals surface area (Å²) in [6, 6.07) is 4.74. The van der Waals surface area contributed by atoms with Crippen LogP contribution in [0.25, 0.3) is 5.69 Å². The lowest BCUT2D eigenvalue weighted by atomic mass is 10.1. The highest BCUT2D eigenvalue weighted by Crippen LogP contribution is 2.29. The number of nitrogens with zero attached hydrogens (tertiary/aromatic N) is 1. The molecule has 1 aliphatic rings. The topological polar surface area (TPSA) is 103 Å². The number of amides is 2. The van der Waals surface area contributed by atoms with Crippen LogP contribution in [0.1, 0.15) is 47.4 Å². The predicted octanol–water partition coefficient (Wildman–Crippen LogP) is 2.01. The fourth-order valence-electron chi connectivity index (χ4n) is 2.93. The normalized spacial score (nSPS) is 13.1. The van der Waals surface area contributed by atoms with Gasteiger partial charge in [0.2, 0.25) is 0 Å². The molecular weight excluding hydrogens is 341 g/mol. The Morgan fingerprint density at radius 3 is 2.50 bits per heavy atom. The molecule has 8 heteroatoms. The molecule has 2 aromatic rings. The minimum Gasteiger partial charge on any atom is -0.488 e. The number of nitrogens with two attached hydrogens (primary N) is 1. The van der Waals surface area contributed by atoms with E-state index in [-0.39, 0.29) is 34.5 Å². The standard InChI is InChI=1S/C18H18FN3O4/c1-3-10(4-2)26-13-6-5-9(19)7-12(13)22-14(23)8-11-15(16(22)20)18(25)21-17(11)24/h5-8,10H,3-4,20H2,1-2H3,(H,21,24,25). The monoisotopic (exact) mass is 359 g/mol. The van der Waals surface area contributed by atoms with Crippen molar-refractivity contribution in [3.05, 3.63) is 51.6 Å². The summed E-state index contributed by atoms with van der Waals surface area (Å²) < 4.78 is 20.7. The largest absolute Gasteiger partial charge is 0.488 e. The molecule has 26 heavy (non-hydrogen) atoms. The van der Waals surface area contributed by atoms with Gasteiger partial charge >= 0.3 is 0 Å².